The van der Waals surface area contributed by atoms with Gasteiger partial charge in [-0.2, -0.15) is 5.10 Å². The molecule has 3 N–H and O–H groups in total. The van der Waals surface area contributed by atoms with Crippen molar-refractivity contribution in [3.63, 3.8) is 0 Å². The summed E-state index contributed by atoms with van der Waals surface area (Å²) in [6.07, 6.45) is 1.41. The molecule has 0 spiro atoms. The number of phenolic OH excluding ortho intramolecular Hbond substituents is 1. The molecular weight excluding hydrogens is 370 g/mol. The summed E-state index contributed by atoms with van der Waals surface area (Å²) in [7, 11) is 1.42. The van der Waals surface area contributed by atoms with E-state index in [4.69, 9.17) is 21.1 Å². The number of carbonyl (C=O) groups is 1. The molecule has 1 atom stereocenters. The molecule has 0 saturated heterocycles. The highest BCUT2D eigenvalue weighted by atomic mass is 35.5. The van der Waals surface area contributed by atoms with Gasteiger partial charge in [0, 0.05) is 5.69 Å². The number of hydrazone groups is 1. The molecule has 0 aliphatic rings. The van der Waals surface area contributed by atoms with Crippen LogP contribution in [0, 0.1) is 0 Å². The van der Waals surface area contributed by atoms with E-state index in [0.29, 0.717) is 12.2 Å². The van der Waals surface area contributed by atoms with Crippen LogP contribution in [0.25, 0.3) is 0 Å². The van der Waals surface area contributed by atoms with Crippen molar-refractivity contribution in [2.75, 3.05) is 19.0 Å². The van der Waals surface area contributed by atoms with E-state index in [9.17, 15) is 9.90 Å². The van der Waals surface area contributed by atoms with Crippen molar-refractivity contribution in [2.45, 2.75) is 19.9 Å². The van der Waals surface area contributed by atoms with Gasteiger partial charge in [-0.05, 0) is 55.8 Å². The third kappa shape index (κ3) is 5.79. The second-order valence-corrected chi connectivity index (χ2v) is 6.02. The molecule has 1 amide bonds. The molecule has 0 unspecified atom stereocenters. The smallest absolute Gasteiger partial charge is 0.262 e. The number of hydrogen-bond donors (Lipinski definition) is 3. The van der Waals surface area contributed by atoms with Gasteiger partial charge in [0.15, 0.2) is 11.5 Å². The predicted octanol–water partition coefficient (Wildman–Crippen LogP) is 3.40. The third-order valence-electron chi connectivity index (χ3n) is 3.60. The fourth-order valence-corrected chi connectivity index (χ4v) is 2.44. The number of carbonyl (C=O) groups excluding carboxylic acids is 1. The molecule has 0 aliphatic heterocycles. The van der Waals surface area contributed by atoms with Crippen molar-refractivity contribution in [1.82, 2.24) is 5.43 Å². The average Bonchev–Trinajstić information content (AvgIpc) is 2.66. The summed E-state index contributed by atoms with van der Waals surface area (Å²) in [5.41, 5.74) is 3.81. The van der Waals surface area contributed by atoms with Crippen LogP contribution in [0.1, 0.15) is 19.4 Å². The van der Waals surface area contributed by atoms with Crippen LogP contribution in [0.15, 0.2) is 41.5 Å². The lowest BCUT2D eigenvalue weighted by Gasteiger charge is -2.14. The lowest BCUT2D eigenvalue weighted by molar-refractivity contribution is -0.121. The van der Waals surface area contributed by atoms with E-state index >= 15 is 0 Å². The fourth-order valence-electron chi connectivity index (χ4n) is 2.22. The first-order valence-electron chi connectivity index (χ1n) is 8.33. The molecule has 0 aliphatic carbocycles. The molecule has 27 heavy (non-hydrogen) atoms. The average molecular weight is 392 g/mol. The maximum atomic E-state index is 12.1. The molecule has 2 aromatic carbocycles. The van der Waals surface area contributed by atoms with Crippen LogP contribution in [0.4, 0.5) is 5.69 Å². The van der Waals surface area contributed by atoms with Gasteiger partial charge in [-0.3, -0.25) is 4.79 Å². The molecule has 0 aromatic heterocycles. The zero-order valence-corrected chi connectivity index (χ0v) is 16.1. The lowest BCUT2D eigenvalue weighted by atomic mass is 10.2. The summed E-state index contributed by atoms with van der Waals surface area (Å²) in [6.45, 7) is 4.24. The predicted molar refractivity (Wildman–Crippen MR) is 106 cm³/mol. The number of nitrogens with zero attached hydrogens (tertiary/aromatic N) is 1. The number of halogens is 1. The van der Waals surface area contributed by atoms with E-state index in [0.717, 1.165) is 11.4 Å². The largest absolute Gasteiger partial charge is 0.503 e. The fraction of sp³-hybridized carbons (Fsp3) is 0.263. The topological polar surface area (TPSA) is 92.2 Å². The van der Waals surface area contributed by atoms with E-state index in [1.54, 1.807) is 13.0 Å². The number of methoxy groups -OCH3 is 1. The number of hydrogen-bond acceptors (Lipinski definition) is 6. The maximum Gasteiger partial charge on any atom is 0.262 e. The lowest BCUT2D eigenvalue weighted by Crippen LogP contribution is -2.34. The molecule has 0 bridgehead atoms. The number of anilines is 1. The monoisotopic (exact) mass is 391 g/mol. The molecule has 0 heterocycles. The summed E-state index contributed by atoms with van der Waals surface area (Å²) in [6, 6.07) is 9.89. The zero-order chi connectivity index (χ0) is 19.8. The Kier molecular flexibility index (Phi) is 7.31. The first-order valence-corrected chi connectivity index (χ1v) is 8.71. The number of aromatic hydroxyl groups is 1. The first kappa shape index (κ1) is 20.4. The summed E-state index contributed by atoms with van der Waals surface area (Å²) in [5, 5.41) is 16.8. The van der Waals surface area contributed by atoms with E-state index < -0.39 is 6.04 Å². The Balaban J connectivity index is 1.92. The Morgan fingerprint density at radius 1 is 1.33 bits per heavy atom. The Morgan fingerprint density at radius 3 is 2.67 bits per heavy atom. The second kappa shape index (κ2) is 9.68. The molecule has 2 rings (SSSR count). The van der Waals surface area contributed by atoms with E-state index in [2.05, 4.69) is 15.8 Å². The second-order valence-electron chi connectivity index (χ2n) is 5.61. The van der Waals surface area contributed by atoms with Crippen molar-refractivity contribution >= 4 is 29.4 Å². The zero-order valence-electron chi connectivity index (χ0n) is 15.3. The number of phenols is 1. The van der Waals surface area contributed by atoms with Gasteiger partial charge in [0.1, 0.15) is 11.8 Å². The van der Waals surface area contributed by atoms with Crippen LogP contribution in [-0.2, 0) is 4.79 Å². The minimum Gasteiger partial charge on any atom is -0.503 e. The normalized spacial score (nSPS) is 11.9. The third-order valence-corrected chi connectivity index (χ3v) is 3.89. The van der Waals surface area contributed by atoms with Gasteiger partial charge >= 0.3 is 0 Å². The number of rotatable bonds is 8. The van der Waals surface area contributed by atoms with E-state index in [1.165, 1.54) is 19.4 Å². The minimum absolute atomic E-state index is 0.132. The van der Waals surface area contributed by atoms with Crippen molar-refractivity contribution in [2.24, 2.45) is 5.10 Å². The van der Waals surface area contributed by atoms with E-state index in [-0.39, 0.29) is 22.4 Å². The first-order chi connectivity index (χ1) is 12.9. The van der Waals surface area contributed by atoms with Gasteiger partial charge in [0.05, 0.1) is 25.0 Å². The van der Waals surface area contributed by atoms with Crippen LogP contribution in [-0.4, -0.2) is 37.0 Å². The van der Waals surface area contributed by atoms with Crippen LogP contribution in [0.2, 0.25) is 5.02 Å². The molecular formula is C19H22ClN3O4. The van der Waals surface area contributed by atoms with Crippen LogP contribution in [0.3, 0.4) is 0 Å². The molecule has 0 saturated carbocycles. The molecule has 8 heteroatoms. The van der Waals surface area contributed by atoms with Gasteiger partial charge in [-0.25, -0.2) is 5.43 Å². The number of ether oxygens (including phenoxy) is 2. The Bertz CT molecular complexity index is 809. The summed E-state index contributed by atoms with van der Waals surface area (Å²) < 4.78 is 10.4. The highest BCUT2D eigenvalue weighted by Crippen LogP contribution is 2.34. The van der Waals surface area contributed by atoms with Crippen LogP contribution in [0.5, 0.6) is 17.2 Å². The van der Waals surface area contributed by atoms with Crippen LogP contribution >= 0.6 is 11.6 Å². The van der Waals surface area contributed by atoms with Gasteiger partial charge < -0.3 is 19.9 Å². The highest BCUT2D eigenvalue weighted by molar-refractivity contribution is 6.32. The van der Waals surface area contributed by atoms with Gasteiger partial charge in [-0.15, -0.1) is 0 Å². The molecule has 144 valence electrons. The van der Waals surface area contributed by atoms with Crippen LogP contribution < -0.4 is 20.2 Å². The number of amides is 1. The number of benzene rings is 2. The van der Waals surface area contributed by atoms with Crippen molar-refractivity contribution in [3.8, 4) is 17.2 Å². The summed E-state index contributed by atoms with van der Waals surface area (Å²) in [4.78, 5) is 12.1. The molecule has 7 nitrogen and oxygen atoms in total. The minimum atomic E-state index is -0.502. The summed E-state index contributed by atoms with van der Waals surface area (Å²) in [5.74, 6) is 0.541. The van der Waals surface area contributed by atoms with Gasteiger partial charge in [-0.1, -0.05) is 11.6 Å². The maximum absolute atomic E-state index is 12.1. The Labute approximate surface area is 162 Å². The number of nitrogens with one attached hydrogen (secondary N) is 2. The quantitative estimate of drug-likeness (QED) is 0.473. The highest BCUT2D eigenvalue weighted by Gasteiger charge is 2.12. The molecule has 2 aromatic rings. The Morgan fingerprint density at radius 2 is 2.04 bits per heavy atom. The van der Waals surface area contributed by atoms with Crippen molar-refractivity contribution in [3.05, 3.63) is 47.0 Å². The van der Waals surface area contributed by atoms with Gasteiger partial charge in [0.2, 0.25) is 0 Å². The molecule has 0 fully saturated rings. The van der Waals surface area contributed by atoms with E-state index in [1.807, 2.05) is 31.2 Å². The van der Waals surface area contributed by atoms with Crippen molar-refractivity contribution < 1.29 is 19.4 Å². The summed E-state index contributed by atoms with van der Waals surface area (Å²) >= 11 is 5.91. The SMILES string of the molecule is CCOc1ccc(N[C@@H](C)C(=O)N/N=C\c2cc(Cl)c(O)c(OC)c2)cc1. The van der Waals surface area contributed by atoms with Gasteiger partial charge in [0.25, 0.3) is 5.91 Å². The Hall–Kier alpha value is -2.93. The molecule has 0 radical (unpaired) electrons. The standard InChI is InChI=1S/C19H22ClN3O4/c1-4-27-15-7-5-14(6-8-15)22-12(2)19(25)23-21-11-13-9-16(20)18(24)17(10-13)26-3/h5-12,22,24H,4H2,1-3H3,(H,23,25)/b21-11-/t12-/m0/s1. The van der Waals surface area contributed by atoms with Crippen molar-refractivity contribution in [1.29, 1.82) is 0 Å².